The Bertz CT molecular complexity index is 167. The second-order valence-corrected chi connectivity index (χ2v) is 3.66. The molecule has 0 aromatic heterocycles. The minimum atomic E-state index is -0.884. The number of carboxylic acids is 1. The van der Waals surface area contributed by atoms with Crippen LogP contribution in [0, 0.1) is 5.41 Å². The summed E-state index contributed by atoms with van der Waals surface area (Å²) in [4.78, 5) is 14.2. The number of hydrogen-bond acceptors (Lipinski definition) is 2. The van der Waals surface area contributed by atoms with Crippen LogP contribution in [0.4, 0.5) is 0 Å². The highest BCUT2D eigenvalue weighted by Crippen LogP contribution is 2.08. The zero-order chi connectivity index (χ0) is 9.07. The quantitative estimate of drug-likeness (QED) is 0.618. The third-order valence-corrected chi connectivity index (χ3v) is 1.04. The Morgan fingerprint density at radius 3 is 2.27 bits per heavy atom. The molecule has 0 aromatic carbocycles. The molecule has 0 amide bonds. The van der Waals surface area contributed by atoms with Gasteiger partial charge in [0.05, 0.1) is 0 Å². The van der Waals surface area contributed by atoms with E-state index >= 15 is 0 Å². The number of aliphatic carboxylic acids is 1. The van der Waals surface area contributed by atoms with Crippen molar-refractivity contribution in [1.29, 1.82) is 0 Å². The second-order valence-electron chi connectivity index (χ2n) is 3.66. The van der Waals surface area contributed by atoms with Crippen molar-refractivity contribution in [1.82, 2.24) is 0 Å². The molecule has 0 heterocycles. The number of hydrogen-bond donors (Lipinski definition) is 1. The van der Waals surface area contributed by atoms with E-state index in [9.17, 15) is 4.79 Å². The van der Waals surface area contributed by atoms with Crippen LogP contribution in [0.5, 0.6) is 0 Å². The van der Waals surface area contributed by atoms with Crippen LogP contribution in [0.1, 0.15) is 27.7 Å². The normalized spacial score (nSPS) is 15.3. The average molecular weight is 157 g/mol. The first kappa shape index (κ1) is 10.1. The van der Waals surface area contributed by atoms with Gasteiger partial charge >= 0.3 is 5.97 Å². The van der Waals surface area contributed by atoms with Crippen molar-refractivity contribution in [3.05, 3.63) is 0 Å². The van der Waals surface area contributed by atoms with Crippen LogP contribution in [-0.4, -0.2) is 23.3 Å². The number of carboxylic acid groups (broad SMARTS) is 1. The minimum Gasteiger partial charge on any atom is -0.480 e. The fourth-order valence-corrected chi connectivity index (χ4v) is 0.399. The van der Waals surface area contributed by atoms with E-state index in [0.717, 1.165) is 0 Å². The average Bonchev–Trinajstić information content (AvgIpc) is 1.80. The van der Waals surface area contributed by atoms with Gasteiger partial charge in [0, 0.05) is 6.21 Å². The summed E-state index contributed by atoms with van der Waals surface area (Å²) in [5.41, 5.74) is -0.0380. The molecule has 0 aliphatic carbocycles. The zero-order valence-corrected chi connectivity index (χ0v) is 7.46. The number of rotatable bonds is 2. The van der Waals surface area contributed by atoms with Gasteiger partial charge in [0.2, 0.25) is 0 Å². The van der Waals surface area contributed by atoms with Crippen molar-refractivity contribution >= 4 is 12.2 Å². The van der Waals surface area contributed by atoms with E-state index in [2.05, 4.69) is 4.99 Å². The molecule has 0 saturated heterocycles. The van der Waals surface area contributed by atoms with Crippen LogP contribution < -0.4 is 0 Å². The lowest BCUT2D eigenvalue weighted by atomic mass is 9.99. The fraction of sp³-hybridized carbons (Fsp3) is 0.750. The van der Waals surface area contributed by atoms with Gasteiger partial charge in [-0.3, -0.25) is 4.99 Å². The monoisotopic (exact) mass is 157 g/mol. The largest absolute Gasteiger partial charge is 0.480 e. The highest BCUT2D eigenvalue weighted by molar-refractivity contribution is 5.76. The van der Waals surface area contributed by atoms with Crippen molar-refractivity contribution in [3.63, 3.8) is 0 Å². The van der Waals surface area contributed by atoms with Crippen molar-refractivity contribution < 1.29 is 9.90 Å². The molecule has 0 bridgehead atoms. The summed E-state index contributed by atoms with van der Waals surface area (Å²) in [6.45, 7) is 7.49. The number of carbonyl (C=O) groups is 1. The van der Waals surface area contributed by atoms with Gasteiger partial charge in [-0.25, -0.2) is 4.79 Å². The summed E-state index contributed by atoms with van der Waals surface area (Å²) >= 11 is 0. The second kappa shape index (κ2) is 3.51. The molecule has 0 saturated carbocycles. The van der Waals surface area contributed by atoms with E-state index in [-0.39, 0.29) is 5.41 Å². The predicted molar refractivity (Wildman–Crippen MR) is 45.0 cm³/mol. The van der Waals surface area contributed by atoms with E-state index in [1.807, 2.05) is 20.8 Å². The van der Waals surface area contributed by atoms with Crippen LogP contribution in [0.25, 0.3) is 0 Å². The first-order valence-electron chi connectivity index (χ1n) is 3.60. The SMILES string of the molecule is C[C@H](N=CC(C)(C)C)C(=O)O. The maximum Gasteiger partial charge on any atom is 0.328 e. The number of nitrogens with zero attached hydrogens (tertiary/aromatic N) is 1. The Morgan fingerprint density at radius 2 is 2.00 bits per heavy atom. The van der Waals surface area contributed by atoms with Gasteiger partial charge < -0.3 is 5.11 Å². The molecule has 0 aliphatic heterocycles. The van der Waals surface area contributed by atoms with Crippen molar-refractivity contribution in [2.24, 2.45) is 10.4 Å². The Hall–Kier alpha value is -0.860. The van der Waals surface area contributed by atoms with Gasteiger partial charge in [-0.2, -0.15) is 0 Å². The standard InChI is InChI=1S/C8H15NO2/c1-6(7(10)11)9-5-8(2,3)4/h5-6H,1-4H3,(H,10,11)/t6-/m0/s1. The molecule has 1 N–H and O–H groups in total. The van der Waals surface area contributed by atoms with Crippen LogP contribution in [0.3, 0.4) is 0 Å². The summed E-state index contributed by atoms with van der Waals surface area (Å²) in [5.74, 6) is -0.884. The fourth-order valence-electron chi connectivity index (χ4n) is 0.399. The zero-order valence-electron chi connectivity index (χ0n) is 7.46. The molecule has 0 unspecified atom stereocenters. The molecule has 11 heavy (non-hydrogen) atoms. The minimum absolute atomic E-state index is 0.0380. The first-order valence-corrected chi connectivity index (χ1v) is 3.60. The Balaban J connectivity index is 4.04. The van der Waals surface area contributed by atoms with Gasteiger partial charge in [-0.15, -0.1) is 0 Å². The highest BCUT2D eigenvalue weighted by atomic mass is 16.4. The lowest BCUT2D eigenvalue weighted by Crippen LogP contribution is -2.16. The molecule has 0 spiro atoms. The predicted octanol–water partition coefficient (Wildman–Crippen LogP) is 1.58. The van der Waals surface area contributed by atoms with E-state index in [0.29, 0.717) is 0 Å². The van der Waals surface area contributed by atoms with Gasteiger partial charge in [0.15, 0.2) is 0 Å². The molecule has 0 radical (unpaired) electrons. The molecule has 1 atom stereocenters. The van der Waals surface area contributed by atoms with Crippen molar-refractivity contribution in [2.75, 3.05) is 0 Å². The van der Waals surface area contributed by atoms with Crippen LogP contribution in [0.2, 0.25) is 0 Å². The first-order chi connectivity index (χ1) is 4.83. The topological polar surface area (TPSA) is 49.7 Å². The molecule has 0 fully saturated rings. The molecule has 0 aromatic rings. The summed E-state index contributed by atoms with van der Waals surface area (Å²) < 4.78 is 0. The highest BCUT2D eigenvalue weighted by Gasteiger charge is 2.10. The summed E-state index contributed by atoms with van der Waals surface area (Å²) in [7, 11) is 0. The third kappa shape index (κ3) is 5.58. The molecule has 64 valence electrons. The van der Waals surface area contributed by atoms with Crippen LogP contribution >= 0.6 is 0 Å². The maximum absolute atomic E-state index is 10.3. The Labute approximate surface area is 67.1 Å². The van der Waals surface area contributed by atoms with Gasteiger partial charge in [-0.05, 0) is 12.3 Å². The van der Waals surface area contributed by atoms with Crippen molar-refractivity contribution in [2.45, 2.75) is 33.7 Å². The molecule has 0 rings (SSSR count). The van der Waals surface area contributed by atoms with Crippen LogP contribution in [-0.2, 0) is 4.79 Å². The third-order valence-electron chi connectivity index (χ3n) is 1.04. The Kier molecular flexibility index (Phi) is 3.23. The summed E-state index contributed by atoms with van der Waals surface area (Å²) in [6.07, 6.45) is 1.67. The van der Waals surface area contributed by atoms with Crippen LogP contribution in [0.15, 0.2) is 4.99 Å². The van der Waals surface area contributed by atoms with Gasteiger partial charge in [0.25, 0.3) is 0 Å². The maximum atomic E-state index is 10.3. The molecular weight excluding hydrogens is 142 g/mol. The van der Waals surface area contributed by atoms with E-state index in [1.54, 1.807) is 13.1 Å². The van der Waals surface area contributed by atoms with E-state index in [1.165, 1.54) is 0 Å². The lowest BCUT2D eigenvalue weighted by Gasteiger charge is -2.10. The molecular formula is C8H15NO2. The number of aliphatic imine (C=N–C) groups is 1. The smallest absolute Gasteiger partial charge is 0.328 e. The molecule has 0 aliphatic rings. The summed E-state index contributed by atoms with van der Waals surface area (Å²) in [6, 6.07) is -0.630. The molecule has 3 heteroatoms. The van der Waals surface area contributed by atoms with Gasteiger partial charge in [0.1, 0.15) is 6.04 Å². The van der Waals surface area contributed by atoms with Crippen molar-refractivity contribution in [3.8, 4) is 0 Å². The van der Waals surface area contributed by atoms with E-state index < -0.39 is 12.0 Å². The lowest BCUT2D eigenvalue weighted by molar-refractivity contribution is -0.137. The van der Waals surface area contributed by atoms with Gasteiger partial charge in [-0.1, -0.05) is 20.8 Å². The summed E-state index contributed by atoms with van der Waals surface area (Å²) in [5, 5.41) is 8.47. The molecule has 3 nitrogen and oxygen atoms in total. The Morgan fingerprint density at radius 1 is 1.55 bits per heavy atom. The van der Waals surface area contributed by atoms with E-state index in [4.69, 9.17) is 5.11 Å².